The van der Waals surface area contributed by atoms with Crippen LogP contribution in [0.3, 0.4) is 0 Å². The van der Waals surface area contributed by atoms with E-state index in [-0.39, 0.29) is 57.8 Å². The molecule has 0 spiro atoms. The number of aromatic nitrogens is 4. The van der Waals surface area contributed by atoms with Crippen LogP contribution in [0.15, 0.2) is 24.7 Å². The van der Waals surface area contributed by atoms with Gasteiger partial charge in [-0.05, 0) is 30.9 Å². The lowest BCUT2D eigenvalue weighted by atomic mass is 10.1. The van der Waals surface area contributed by atoms with E-state index in [1.807, 2.05) is 11.8 Å². The van der Waals surface area contributed by atoms with Crippen molar-refractivity contribution in [2.24, 2.45) is 11.8 Å². The Bertz CT molecular complexity index is 1380. The van der Waals surface area contributed by atoms with Gasteiger partial charge in [-0.2, -0.15) is 18.3 Å². The molecular weight excluding hydrogens is 503 g/mol. The predicted molar refractivity (Wildman–Crippen MR) is 131 cm³/mol. The van der Waals surface area contributed by atoms with Crippen molar-refractivity contribution < 1.29 is 27.5 Å². The summed E-state index contributed by atoms with van der Waals surface area (Å²) in [4.78, 5) is 35.9. The molecule has 3 aromatic heterocycles. The van der Waals surface area contributed by atoms with Gasteiger partial charge in [0.15, 0.2) is 5.82 Å². The first kappa shape index (κ1) is 25.7. The van der Waals surface area contributed by atoms with E-state index in [9.17, 15) is 22.8 Å². The molecule has 10 nitrogen and oxygen atoms in total. The SMILES string of the molecule is COc1ncc(-c2cc(C(F)(F)F)c3c(N)ncnn23)cc1C(=O)NC1CN(C(=O)C2CCCC2)C[C@@H]1C. The summed E-state index contributed by atoms with van der Waals surface area (Å²) in [7, 11) is 1.35. The molecule has 4 heterocycles. The van der Waals surface area contributed by atoms with Gasteiger partial charge in [-0.15, -0.1) is 0 Å². The average Bonchev–Trinajstić information content (AvgIpc) is 3.63. The zero-order valence-corrected chi connectivity index (χ0v) is 21.0. The largest absolute Gasteiger partial charge is 0.480 e. The van der Waals surface area contributed by atoms with Gasteiger partial charge in [0, 0.05) is 30.8 Å². The number of ether oxygens (including phenoxy) is 1. The van der Waals surface area contributed by atoms with E-state index in [1.165, 1.54) is 19.4 Å². The number of nitrogens with one attached hydrogen (secondary N) is 1. The standard InChI is InChI=1S/C25H28F3N7O3/c1-13-10-34(24(37)14-5-3-4-6-14)11-18(13)33-22(36)16-7-15(9-30-23(16)38-2)19-8-17(25(26,27)28)20-21(29)31-12-32-35(19)20/h7-9,12-14,18H,3-6,10-11H2,1-2H3,(H,33,36)(H2,29,31,32)/t13-,18?/m0/s1. The van der Waals surface area contributed by atoms with Crippen LogP contribution in [0.5, 0.6) is 5.88 Å². The average molecular weight is 532 g/mol. The van der Waals surface area contributed by atoms with Crippen molar-refractivity contribution in [3.05, 3.63) is 35.8 Å². The topological polar surface area (TPSA) is 128 Å². The van der Waals surface area contributed by atoms with Crippen LogP contribution in [-0.4, -0.2) is 62.5 Å². The molecule has 3 N–H and O–H groups in total. The van der Waals surface area contributed by atoms with Gasteiger partial charge >= 0.3 is 6.18 Å². The number of likely N-dealkylation sites (tertiary alicyclic amines) is 1. The van der Waals surface area contributed by atoms with Crippen molar-refractivity contribution in [3.8, 4) is 17.1 Å². The van der Waals surface area contributed by atoms with Crippen LogP contribution >= 0.6 is 0 Å². The Balaban J connectivity index is 1.44. The number of anilines is 1. The summed E-state index contributed by atoms with van der Waals surface area (Å²) >= 11 is 0. The van der Waals surface area contributed by atoms with E-state index in [4.69, 9.17) is 10.5 Å². The number of carbonyl (C=O) groups is 2. The van der Waals surface area contributed by atoms with Crippen molar-refractivity contribution in [2.45, 2.75) is 44.8 Å². The molecule has 202 valence electrons. The molecular formula is C25H28F3N7O3. The fraction of sp³-hybridized carbons (Fsp3) is 0.480. The van der Waals surface area contributed by atoms with Gasteiger partial charge in [-0.1, -0.05) is 19.8 Å². The summed E-state index contributed by atoms with van der Waals surface area (Å²) in [6, 6.07) is 2.01. The van der Waals surface area contributed by atoms with Crippen molar-refractivity contribution in [2.75, 3.05) is 25.9 Å². The Labute approximate surface area is 216 Å². The van der Waals surface area contributed by atoms with E-state index in [0.717, 1.165) is 42.6 Å². The predicted octanol–water partition coefficient (Wildman–Crippen LogP) is 3.17. The highest BCUT2D eigenvalue weighted by Crippen LogP contribution is 2.39. The maximum absolute atomic E-state index is 13.8. The lowest BCUT2D eigenvalue weighted by molar-refractivity contribution is -0.136. The molecule has 1 saturated carbocycles. The van der Waals surface area contributed by atoms with Crippen molar-refractivity contribution in [3.63, 3.8) is 0 Å². The molecule has 2 aliphatic rings. The molecule has 1 saturated heterocycles. The molecule has 3 aromatic rings. The van der Waals surface area contributed by atoms with Gasteiger partial charge in [-0.3, -0.25) is 9.59 Å². The molecule has 0 aromatic carbocycles. The van der Waals surface area contributed by atoms with Gasteiger partial charge < -0.3 is 20.7 Å². The second-order valence-electron chi connectivity index (χ2n) is 9.91. The van der Waals surface area contributed by atoms with Crippen LogP contribution in [-0.2, 0) is 11.0 Å². The van der Waals surface area contributed by atoms with Crippen LogP contribution in [0.1, 0.15) is 48.5 Å². The second-order valence-corrected chi connectivity index (χ2v) is 9.91. The third-order valence-electron chi connectivity index (χ3n) is 7.42. The van der Waals surface area contributed by atoms with Crippen LogP contribution in [0.25, 0.3) is 16.8 Å². The first-order chi connectivity index (χ1) is 18.1. The van der Waals surface area contributed by atoms with Gasteiger partial charge in [-0.25, -0.2) is 14.5 Å². The van der Waals surface area contributed by atoms with E-state index in [2.05, 4.69) is 20.4 Å². The first-order valence-electron chi connectivity index (χ1n) is 12.4. The van der Waals surface area contributed by atoms with E-state index >= 15 is 0 Å². The lowest BCUT2D eigenvalue weighted by Gasteiger charge is -2.20. The molecule has 1 aliphatic heterocycles. The summed E-state index contributed by atoms with van der Waals surface area (Å²) in [5.74, 6) is -0.612. The maximum atomic E-state index is 13.8. The van der Waals surface area contributed by atoms with Gasteiger partial charge in [0.05, 0.1) is 24.4 Å². The van der Waals surface area contributed by atoms with Gasteiger partial charge in [0.1, 0.15) is 17.4 Å². The number of rotatable bonds is 5. The molecule has 2 fully saturated rings. The van der Waals surface area contributed by atoms with Crippen LogP contribution in [0.4, 0.5) is 19.0 Å². The third-order valence-corrected chi connectivity index (χ3v) is 7.42. The zero-order valence-electron chi connectivity index (χ0n) is 21.0. The summed E-state index contributed by atoms with van der Waals surface area (Å²) in [5, 5.41) is 6.91. The second kappa shape index (κ2) is 9.76. The molecule has 38 heavy (non-hydrogen) atoms. The number of fused-ring (bicyclic) bond motifs is 1. The lowest BCUT2D eigenvalue weighted by Crippen LogP contribution is -2.41. The molecule has 0 radical (unpaired) electrons. The number of methoxy groups -OCH3 is 1. The zero-order chi connectivity index (χ0) is 27.2. The summed E-state index contributed by atoms with van der Waals surface area (Å²) in [5.41, 5.74) is 4.65. The summed E-state index contributed by atoms with van der Waals surface area (Å²) in [6.45, 7) is 2.91. The number of amides is 2. The fourth-order valence-electron chi connectivity index (χ4n) is 5.42. The van der Waals surface area contributed by atoms with E-state index in [0.29, 0.717) is 13.1 Å². The minimum atomic E-state index is -4.71. The van der Waals surface area contributed by atoms with Crippen LogP contribution < -0.4 is 15.8 Å². The maximum Gasteiger partial charge on any atom is 0.418 e. The Hall–Kier alpha value is -3.90. The fourth-order valence-corrected chi connectivity index (χ4v) is 5.42. The quantitative estimate of drug-likeness (QED) is 0.518. The Morgan fingerprint density at radius 1 is 1.16 bits per heavy atom. The molecule has 1 unspecified atom stereocenters. The minimum Gasteiger partial charge on any atom is -0.480 e. The van der Waals surface area contributed by atoms with Crippen molar-refractivity contribution in [1.82, 2.24) is 29.8 Å². The summed E-state index contributed by atoms with van der Waals surface area (Å²) < 4.78 is 47.6. The number of nitrogens with two attached hydrogens (primary N) is 1. The Morgan fingerprint density at radius 2 is 1.89 bits per heavy atom. The first-order valence-corrected chi connectivity index (χ1v) is 12.4. The highest BCUT2D eigenvalue weighted by atomic mass is 19.4. The Morgan fingerprint density at radius 3 is 2.58 bits per heavy atom. The van der Waals surface area contributed by atoms with Crippen LogP contribution in [0.2, 0.25) is 0 Å². The van der Waals surface area contributed by atoms with Crippen LogP contribution in [0, 0.1) is 11.8 Å². The number of hydrogen-bond donors (Lipinski definition) is 2. The van der Waals surface area contributed by atoms with E-state index < -0.39 is 17.6 Å². The number of pyridine rings is 1. The molecule has 5 rings (SSSR count). The van der Waals surface area contributed by atoms with Crippen molar-refractivity contribution >= 4 is 23.1 Å². The Kier molecular flexibility index (Phi) is 6.61. The highest BCUT2D eigenvalue weighted by molar-refractivity contribution is 5.98. The molecule has 1 aliphatic carbocycles. The van der Waals surface area contributed by atoms with Gasteiger partial charge in [0.2, 0.25) is 11.8 Å². The third kappa shape index (κ3) is 4.61. The monoisotopic (exact) mass is 531 g/mol. The number of nitrogens with zero attached hydrogens (tertiary/aromatic N) is 5. The normalized spacial score (nSPS) is 20.3. The van der Waals surface area contributed by atoms with E-state index in [1.54, 1.807) is 0 Å². The molecule has 0 bridgehead atoms. The molecule has 2 atom stereocenters. The smallest absolute Gasteiger partial charge is 0.418 e. The number of hydrogen-bond acceptors (Lipinski definition) is 7. The van der Waals surface area contributed by atoms with Gasteiger partial charge in [0.25, 0.3) is 5.91 Å². The highest BCUT2D eigenvalue weighted by Gasteiger charge is 2.38. The molecule has 13 heteroatoms. The number of halogens is 3. The van der Waals surface area contributed by atoms with Crippen molar-refractivity contribution in [1.29, 1.82) is 0 Å². The number of carbonyl (C=O) groups excluding carboxylic acids is 2. The summed E-state index contributed by atoms with van der Waals surface area (Å²) in [6.07, 6.45) is 1.57. The number of nitrogen functional groups attached to an aromatic ring is 1. The minimum absolute atomic E-state index is 0.0156. The number of alkyl halides is 3. The molecule has 2 amide bonds.